The first kappa shape index (κ1) is 20.1. The van der Waals surface area contributed by atoms with E-state index in [0.717, 1.165) is 31.5 Å². The van der Waals surface area contributed by atoms with Gasteiger partial charge in [0.15, 0.2) is 0 Å². The maximum Gasteiger partial charge on any atom is 0.270 e. The lowest BCUT2D eigenvalue weighted by atomic mass is 9.94. The number of rotatable bonds is 4. The minimum atomic E-state index is -0.273. The van der Waals surface area contributed by atoms with Crippen LogP contribution in [0.4, 0.5) is 0 Å². The molecule has 3 amide bonds. The van der Waals surface area contributed by atoms with E-state index < -0.39 is 0 Å². The number of hydrogen-bond acceptors (Lipinski definition) is 3. The second kappa shape index (κ2) is 9.53. The Morgan fingerprint density at radius 3 is 2.18 bits per heavy atom. The fourth-order valence-electron chi connectivity index (χ4n) is 3.93. The number of hydrogen-bond donors (Lipinski definition) is 1. The second-order valence-electron chi connectivity index (χ2n) is 7.60. The van der Waals surface area contributed by atoms with Gasteiger partial charge in [0.1, 0.15) is 5.70 Å². The lowest BCUT2D eigenvalue weighted by Crippen LogP contribution is -2.47. The number of carbonyl (C=O) groups is 3. The van der Waals surface area contributed by atoms with Gasteiger partial charge < -0.3 is 15.1 Å². The molecule has 0 spiro atoms. The molecule has 6 nitrogen and oxygen atoms in total. The fraction of sp³-hybridized carbons (Fsp3) is 0.500. The van der Waals surface area contributed by atoms with Crippen LogP contribution in [0.25, 0.3) is 6.08 Å². The van der Waals surface area contributed by atoms with Gasteiger partial charge in [0.2, 0.25) is 11.8 Å². The van der Waals surface area contributed by atoms with E-state index >= 15 is 0 Å². The van der Waals surface area contributed by atoms with Gasteiger partial charge in [0, 0.05) is 39.0 Å². The lowest BCUT2D eigenvalue weighted by molar-refractivity contribution is -0.140. The van der Waals surface area contributed by atoms with Gasteiger partial charge in [-0.2, -0.15) is 0 Å². The molecule has 2 heterocycles. The molecule has 0 radical (unpaired) electrons. The molecule has 1 aromatic carbocycles. The third-order valence-corrected chi connectivity index (χ3v) is 5.45. The molecule has 1 N–H and O–H groups in total. The summed E-state index contributed by atoms with van der Waals surface area (Å²) in [6.07, 6.45) is 6.45. The Morgan fingerprint density at radius 2 is 1.57 bits per heavy atom. The average molecular weight is 383 g/mol. The molecule has 2 aliphatic rings. The van der Waals surface area contributed by atoms with Crippen molar-refractivity contribution in [2.24, 2.45) is 5.92 Å². The molecule has 0 aromatic heterocycles. The Bertz CT molecular complexity index is 731. The second-order valence-corrected chi connectivity index (χ2v) is 7.60. The number of piperidine rings is 2. The summed E-state index contributed by atoms with van der Waals surface area (Å²) in [5, 5.41) is 2.67. The standard InChI is InChI=1S/C22H29N3O3/c1-17(26)23-20(16-18-8-4-2-5-9-18)22(28)25-14-10-19(11-15-25)21(27)24-12-6-3-7-13-24/h2,4-5,8-9,16,19H,3,6-7,10-15H2,1H3,(H,23,26). The molecule has 28 heavy (non-hydrogen) atoms. The molecular formula is C22H29N3O3. The highest BCUT2D eigenvalue weighted by Gasteiger charge is 2.31. The summed E-state index contributed by atoms with van der Waals surface area (Å²) in [5.41, 5.74) is 1.13. The zero-order valence-corrected chi connectivity index (χ0v) is 16.5. The first-order chi connectivity index (χ1) is 13.5. The molecule has 6 heteroatoms. The Hall–Kier alpha value is -2.63. The Balaban J connectivity index is 1.62. The van der Waals surface area contributed by atoms with Gasteiger partial charge in [0.05, 0.1) is 0 Å². The van der Waals surface area contributed by atoms with Crippen LogP contribution in [0, 0.1) is 5.92 Å². The molecule has 1 aromatic rings. The van der Waals surface area contributed by atoms with Crippen LogP contribution in [0.3, 0.4) is 0 Å². The van der Waals surface area contributed by atoms with Crippen LogP contribution < -0.4 is 5.32 Å². The monoisotopic (exact) mass is 383 g/mol. The summed E-state index contributed by atoms with van der Waals surface area (Å²) in [6, 6.07) is 9.46. The van der Waals surface area contributed by atoms with Crippen LogP contribution in [0.2, 0.25) is 0 Å². The van der Waals surface area contributed by atoms with Crippen LogP contribution >= 0.6 is 0 Å². The molecule has 2 aliphatic heterocycles. The van der Waals surface area contributed by atoms with Crippen molar-refractivity contribution in [3.05, 3.63) is 41.6 Å². The third-order valence-electron chi connectivity index (χ3n) is 5.45. The van der Waals surface area contributed by atoms with Crippen molar-refractivity contribution in [3.63, 3.8) is 0 Å². The highest BCUT2D eigenvalue weighted by molar-refractivity contribution is 6.01. The van der Waals surface area contributed by atoms with Gasteiger partial charge in [-0.3, -0.25) is 14.4 Å². The van der Waals surface area contributed by atoms with Gasteiger partial charge in [-0.25, -0.2) is 0 Å². The van der Waals surface area contributed by atoms with E-state index in [-0.39, 0.29) is 29.3 Å². The van der Waals surface area contributed by atoms with Crippen molar-refractivity contribution < 1.29 is 14.4 Å². The third kappa shape index (κ3) is 5.21. The van der Waals surface area contributed by atoms with E-state index in [9.17, 15) is 14.4 Å². The molecule has 3 rings (SSSR count). The normalized spacial score (nSPS) is 18.7. The predicted molar refractivity (Wildman–Crippen MR) is 108 cm³/mol. The summed E-state index contributed by atoms with van der Waals surface area (Å²) in [6.45, 7) is 4.20. The number of amides is 3. The van der Waals surface area contributed by atoms with Crippen molar-refractivity contribution in [2.75, 3.05) is 26.2 Å². The van der Waals surface area contributed by atoms with E-state index in [1.807, 2.05) is 35.2 Å². The maximum atomic E-state index is 13.0. The van der Waals surface area contributed by atoms with Crippen LogP contribution in [-0.2, 0) is 14.4 Å². The van der Waals surface area contributed by atoms with E-state index in [1.165, 1.54) is 13.3 Å². The van der Waals surface area contributed by atoms with E-state index in [2.05, 4.69) is 5.32 Å². The first-order valence-electron chi connectivity index (χ1n) is 10.2. The maximum absolute atomic E-state index is 13.0. The van der Waals surface area contributed by atoms with Crippen LogP contribution in [-0.4, -0.2) is 53.7 Å². The smallest absolute Gasteiger partial charge is 0.270 e. The van der Waals surface area contributed by atoms with Crippen molar-refractivity contribution in [3.8, 4) is 0 Å². The van der Waals surface area contributed by atoms with Crippen molar-refractivity contribution in [1.82, 2.24) is 15.1 Å². The first-order valence-corrected chi connectivity index (χ1v) is 10.2. The van der Waals surface area contributed by atoms with E-state index in [4.69, 9.17) is 0 Å². The Morgan fingerprint density at radius 1 is 0.929 bits per heavy atom. The highest BCUT2D eigenvalue weighted by Crippen LogP contribution is 2.23. The topological polar surface area (TPSA) is 69.7 Å². The molecule has 2 saturated heterocycles. The molecule has 0 saturated carbocycles. The number of benzene rings is 1. The molecule has 2 fully saturated rings. The zero-order valence-electron chi connectivity index (χ0n) is 16.5. The molecule has 0 bridgehead atoms. The van der Waals surface area contributed by atoms with Crippen LogP contribution in [0.5, 0.6) is 0 Å². The van der Waals surface area contributed by atoms with Gasteiger partial charge in [0.25, 0.3) is 5.91 Å². The van der Waals surface area contributed by atoms with Crippen molar-refractivity contribution >= 4 is 23.8 Å². The largest absolute Gasteiger partial charge is 0.342 e. The van der Waals surface area contributed by atoms with E-state index in [1.54, 1.807) is 11.0 Å². The Kier molecular flexibility index (Phi) is 6.85. The van der Waals surface area contributed by atoms with Gasteiger partial charge in [-0.15, -0.1) is 0 Å². The molecule has 0 aliphatic carbocycles. The fourth-order valence-corrected chi connectivity index (χ4v) is 3.93. The molecular weight excluding hydrogens is 354 g/mol. The van der Waals surface area contributed by atoms with Gasteiger partial charge in [-0.1, -0.05) is 30.3 Å². The number of carbonyl (C=O) groups excluding carboxylic acids is 3. The quantitative estimate of drug-likeness (QED) is 0.812. The SMILES string of the molecule is CC(=O)NC(=Cc1ccccc1)C(=O)N1CCC(C(=O)N2CCCCC2)CC1. The summed E-state index contributed by atoms with van der Waals surface area (Å²) < 4.78 is 0. The summed E-state index contributed by atoms with van der Waals surface area (Å²) in [4.78, 5) is 41.0. The molecule has 150 valence electrons. The minimum Gasteiger partial charge on any atom is -0.342 e. The summed E-state index contributed by atoms with van der Waals surface area (Å²) in [5.74, 6) is -0.216. The predicted octanol–water partition coefficient (Wildman–Crippen LogP) is 2.41. The van der Waals surface area contributed by atoms with Crippen molar-refractivity contribution in [2.45, 2.75) is 39.0 Å². The molecule has 0 unspecified atom stereocenters. The lowest BCUT2D eigenvalue weighted by Gasteiger charge is -2.35. The van der Waals surface area contributed by atoms with Crippen molar-refractivity contribution in [1.29, 1.82) is 0 Å². The molecule has 0 atom stereocenters. The minimum absolute atomic E-state index is 0.00414. The Labute approximate surface area is 166 Å². The van der Waals surface area contributed by atoms with Gasteiger partial charge >= 0.3 is 0 Å². The zero-order chi connectivity index (χ0) is 19.9. The van der Waals surface area contributed by atoms with Crippen LogP contribution in [0.15, 0.2) is 36.0 Å². The number of nitrogens with zero attached hydrogens (tertiary/aromatic N) is 2. The summed E-state index contributed by atoms with van der Waals surface area (Å²) in [7, 11) is 0. The number of likely N-dealkylation sites (tertiary alicyclic amines) is 2. The summed E-state index contributed by atoms with van der Waals surface area (Å²) >= 11 is 0. The average Bonchev–Trinajstić information content (AvgIpc) is 2.73. The number of nitrogens with one attached hydrogen (secondary N) is 1. The van der Waals surface area contributed by atoms with Gasteiger partial charge in [-0.05, 0) is 43.7 Å². The van der Waals surface area contributed by atoms with Crippen LogP contribution in [0.1, 0.15) is 44.6 Å². The highest BCUT2D eigenvalue weighted by atomic mass is 16.2. The van der Waals surface area contributed by atoms with E-state index in [0.29, 0.717) is 25.9 Å².